The van der Waals surface area contributed by atoms with E-state index in [9.17, 15) is 18.0 Å². The molecule has 0 bridgehead atoms. The molecule has 0 spiro atoms. The molecule has 0 unspecified atom stereocenters. The minimum absolute atomic E-state index is 0.140. The largest absolute Gasteiger partial charge is 0.449 e. The summed E-state index contributed by atoms with van der Waals surface area (Å²) in [4.78, 5) is 19.8. The lowest BCUT2D eigenvalue weighted by molar-refractivity contribution is -0.141. The molecule has 5 rings (SSSR count). The second kappa shape index (κ2) is 10.5. The molecule has 208 valence electrons. The molecular weight excluding hydrogens is 535 g/mol. The van der Waals surface area contributed by atoms with Gasteiger partial charge >= 0.3 is 12.3 Å². The number of alkyl halides is 3. The van der Waals surface area contributed by atoms with E-state index in [-0.39, 0.29) is 17.7 Å². The van der Waals surface area contributed by atoms with Gasteiger partial charge in [-0.15, -0.1) is 0 Å². The third-order valence-corrected chi connectivity index (χ3v) is 7.36. The zero-order chi connectivity index (χ0) is 27.8. The Morgan fingerprint density at radius 1 is 1.03 bits per heavy atom. The van der Waals surface area contributed by atoms with E-state index in [0.717, 1.165) is 17.4 Å². The Bertz CT molecular complexity index is 1470. The van der Waals surface area contributed by atoms with Crippen molar-refractivity contribution in [2.24, 2.45) is 0 Å². The van der Waals surface area contributed by atoms with Crippen LogP contribution in [-0.4, -0.2) is 74.4 Å². The smallest absolute Gasteiger partial charge is 0.433 e. The van der Waals surface area contributed by atoms with Crippen molar-refractivity contribution >= 4 is 40.4 Å². The predicted octanol–water partition coefficient (Wildman–Crippen LogP) is 4.77. The Morgan fingerprint density at radius 3 is 2.49 bits per heavy atom. The van der Waals surface area contributed by atoms with Gasteiger partial charge in [0.1, 0.15) is 23.5 Å². The van der Waals surface area contributed by atoms with Crippen LogP contribution in [0, 0.1) is 0 Å². The van der Waals surface area contributed by atoms with Crippen LogP contribution in [0.5, 0.6) is 0 Å². The van der Waals surface area contributed by atoms with E-state index in [2.05, 4.69) is 20.4 Å². The van der Waals surface area contributed by atoms with Crippen molar-refractivity contribution in [3.8, 4) is 0 Å². The maximum Gasteiger partial charge on any atom is 0.433 e. The predicted molar refractivity (Wildman–Crippen MR) is 140 cm³/mol. The number of hydrogen-bond donors (Lipinski definition) is 0. The number of piperazine rings is 1. The van der Waals surface area contributed by atoms with Gasteiger partial charge in [0, 0.05) is 55.2 Å². The first-order valence-corrected chi connectivity index (χ1v) is 13.6. The normalized spacial score (nSPS) is 14.9. The van der Waals surface area contributed by atoms with Gasteiger partial charge < -0.3 is 14.5 Å². The lowest BCUT2D eigenvalue weighted by Crippen LogP contribution is -2.49. The van der Waals surface area contributed by atoms with Crippen LogP contribution in [0.4, 0.5) is 23.8 Å². The van der Waals surface area contributed by atoms with Crippen molar-refractivity contribution in [2.45, 2.75) is 38.1 Å². The molecule has 3 aromatic heterocycles. The monoisotopic (exact) mass is 563 g/mol. The second-order valence-electron chi connectivity index (χ2n) is 10.3. The number of aromatic nitrogens is 5. The molecule has 39 heavy (non-hydrogen) atoms. The number of nitrogens with zero attached hydrogens (tertiary/aromatic N) is 7. The summed E-state index contributed by atoms with van der Waals surface area (Å²) in [6.45, 7) is 7.38. The molecule has 1 aromatic carbocycles. The molecule has 1 saturated heterocycles. The average Bonchev–Trinajstić information content (AvgIpc) is 3.54. The summed E-state index contributed by atoms with van der Waals surface area (Å²) in [5.74, 6) is 1.64. The number of rotatable bonds is 6. The standard InChI is InChI=1S/C25H28F3N7O3S/c1-24(2,3)19-13-21-29-20(25(26,27)28)14-22(35(21)30-19)33-6-8-34(9-7-33)23(36)37-10-11-39-15-16-4-5-17-18(12-16)32-38-31-17/h4-5,12-14H,6-11,15H2,1-3H3. The first kappa shape index (κ1) is 27.0. The average molecular weight is 564 g/mol. The Balaban J connectivity index is 1.16. The molecule has 0 saturated carbocycles. The highest BCUT2D eigenvalue weighted by Gasteiger charge is 2.35. The van der Waals surface area contributed by atoms with E-state index >= 15 is 0 Å². The van der Waals surface area contributed by atoms with Gasteiger partial charge in [-0.25, -0.2) is 14.4 Å². The molecular formula is C25H28F3N7O3S. The highest BCUT2D eigenvalue weighted by atomic mass is 32.2. The van der Waals surface area contributed by atoms with Gasteiger partial charge in [-0.05, 0) is 28.0 Å². The number of amides is 1. The molecule has 0 atom stereocenters. The minimum Gasteiger partial charge on any atom is -0.449 e. The van der Waals surface area contributed by atoms with Gasteiger partial charge in [0.2, 0.25) is 0 Å². The van der Waals surface area contributed by atoms with Gasteiger partial charge in [0.25, 0.3) is 0 Å². The summed E-state index contributed by atoms with van der Waals surface area (Å²) >= 11 is 1.62. The summed E-state index contributed by atoms with van der Waals surface area (Å²) < 4.78 is 52.4. The summed E-state index contributed by atoms with van der Waals surface area (Å²) in [7, 11) is 0. The highest BCUT2D eigenvalue weighted by molar-refractivity contribution is 7.98. The van der Waals surface area contributed by atoms with E-state index in [1.54, 1.807) is 27.6 Å². The third kappa shape index (κ3) is 6.05. The van der Waals surface area contributed by atoms with Gasteiger partial charge in [0.05, 0.1) is 5.69 Å². The zero-order valence-corrected chi connectivity index (χ0v) is 22.6. The fraction of sp³-hybridized carbons (Fsp3) is 0.480. The van der Waals surface area contributed by atoms with E-state index < -0.39 is 18.0 Å². The van der Waals surface area contributed by atoms with Crippen molar-refractivity contribution in [2.75, 3.05) is 43.4 Å². The molecule has 0 radical (unpaired) electrons. The van der Waals surface area contributed by atoms with Gasteiger partial charge in [-0.2, -0.15) is 34.5 Å². The van der Waals surface area contributed by atoms with Crippen LogP contribution in [0.1, 0.15) is 37.7 Å². The number of carbonyl (C=O) groups is 1. The topological polar surface area (TPSA) is 102 Å². The number of thioether (sulfide) groups is 1. The summed E-state index contributed by atoms with van der Waals surface area (Å²) in [5, 5.41) is 12.2. The van der Waals surface area contributed by atoms with Crippen molar-refractivity contribution in [3.05, 3.63) is 47.3 Å². The number of hydrogen-bond acceptors (Lipinski definition) is 9. The first-order chi connectivity index (χ1) is 18.5. The quantitative estimate of drug-likeness (QED) is 0.307. The highest BCUT2D eigenvalue weighted by Crippen LogP contribution is 2.33. The molecule has 1 aliphatic rings. The van der Waals surface area contributed by atoms with Crippen LogP contribution in [0.15, 0.2) is 35.0 Å². The van der Waals surface area contributed by atoms with Crippen molar-refractivity contribution in [1.29, 1.82) is 0 Å². The van der Waals surface area contributed by atoms with E-state index in [0.29, 0.717) is 54.5 Å². The molecule has 1 amide bonds. The molecule has 4 aromatic rings. The number of carbonyl (C=O) groups excluding carboxylic acids is 1. The van der Waals surface area contributed by atoms with E-state index in [4.69, 9.17) is 9.37 Å². The molecule has 0 N–H and O–H groups in total. The summed E-state index contributed by atoms with van der Waals surface area (Å²) in [5.41, 5.74) is 1.92. The minimum atomic E-state index is -4.59. The molecule has 0 aliphatic carbocycles. The van der Waals surface area contributed by atoms with Crippen LogP contribution < -0.4 is 4.90 Å². The van der Waals surface area contributed by atoms with Gasteiger partial charge in [-0.3, -0.25) is 0 Å². The van der Waals surface area contributed by atoms with Crippen LogP contribution in [0.3, 0.4) is 0 Å². The lowest BCUT2D eigenvalue weighted by atomic mass is 9.93. The molecule has 4 heterocycles. The third-order valence-electron chi connectivity index (χ3n) is 6.37. The van der Waals surface area contributed by atoms with Crippen LogP contribution in [0.25, 0.3) is 16.7 Å². The number of ether oxygens (including phenoxy) is 1. The number of benzene rings is 1. The van der Waals surface area contributed by atoms with Crippen molar-refractivity contribution in [3.63, 3.8) is 0 Å². The molecule has 1 fully saturated rings. The second-order valence-corrected chi connectivity index (χ2v) is 11.4. The molecule has 10 nitrogen and oxygen atoms in total. The van der Waals surface area contributed by atoms with Gasteiger partial charge in [-0.1, -0.05) is 26.8 Å². The van der Waals surface area contributed by atoms with Crippen LogP contribution >= 0.6 is 11.8 Å². The first-order valence-electron chi connectivity index (χ1n) is 12.4. The Labute approximate surface area is 226 Å². The Hall–Kier alpha value is -3.55. The van der Waals surface area contributed by atoms with Crippen LogP contribution in [-0.2, 0) is 22.1 Å². The van der Waals surface area contributed by atoms with E-state index in [1.807, 2.05) is 39.0 Å². The fourth-order valence-electron chi connectivity index (χ4n) is 4.20. The van der Waals surface area contributed by atoms with Crippen LogP contribution in [0.2, 0.25) is 0 Å². The van der Waals surface area contributed by atoms with Gasteiger partial charge in [0.15, 0.2) is 11.3 Å². The lowest BCUT2D eigenvalue weighted by Gasteiger charge is -2.35. The Morgan fingerprint density at radius 2 is 1.77 bits per heavy atom. The molecule has 1 aliphatic heterocycles. The van der Waals surface area contributed by atoms with Crippen molar-refractivity contribution < 1.29 is 27.3 Å². The number of anilines is 1. The number of fused-ring (bicyclic) bond motifs is 2. The summed E-state index contributed by atoms with van der Waals surface area (Å²) in [6.07, 6.45) is -5.03. The van der Waals surface area contributed by atoms with E-state index in [1.165, 1.54) is 4.52 Å². The maximum absolute atomic E-state index is 13.6. The Kier molecular flexibility index (Phi) is 7.31. The maximum atomic E-state index is 13.6. The fourth-order valence-corrected chi connectivity index (χ4v) is 4.96. The summed E-state index contributed by atoms with van der Waals surface area (Å²) in [6, 6.07) is 8.32. The number of halogens is 3. The molecule has 14 heteroatoms. The van der Waals surface area contributed by atoms with Crippen molar-refractivity contribution in [1.82, 2.24) is 29.8 Å². The zero-order valence-electron chi connectivity index (χ0n) is 21.7. The SMILES string of the molecule is CC(C)(C)c1cc2nc(C(F)(F)F)cc(N3CCN(C(=O)OCCSCc4ccc5nonc5c4)CC3)n2n1.